The van der Waals surface area contributed by atoms with Gasteiger partial charge in [0.2, 0.25) is 0 Å². The van der Waals surface area contributed by atoms with Gasteiger partial charge in [0.1, 0.15) is 0 Å². The molecule has 2 rings (SSSR count). The van der Waals surface area contributed by atoms with Crippen LogP contribution in [0.1, 0.15) is 0 Å². The molecule has 0 aromatic heterocycles. The van der Waals surface area contributed by atoms with Gasteiger partial charge in [-0.1, -0.05) is 0 Å². The van der Waals surface area contributed by atoms with E-state index in [9.17, 15) is 4.21 Å². The van der Waals surface area contributed by atoms with E-state index in [2.05, 4.69) is 15.8 Å². The molecule has 0 aromatic carbocycles. The molecule has 2 aliphatic heterocycles. The zero-order valence-corrected chi connectivity index (χ0v) is 5.36. The average molecular weight is 143 g/mol. The highest BCUT2D eigenvalue weighted by Gasteiger charge is 2.21. The zero-order valence-electron chi connectivity index (χ0n) is 4.55. The van der Waals surface area contributed by atoms with Gasteiger partial charge < -0.3 is 5.43 Å². The first-order chi connectivity index (χ1) is 4.38. The normalized spacial score (nSPS) is 30.9. The number of nitrogens with one attached hydrogen (secondary N) is 2. The standard InChI is InChI=1S/C4H5N3OS/c8-9-2-5-4-3(9)1-6-7-4/h2,6-7H,1H2. The molecule has 2 N–H and O–H groups in total. The van der Waals surface area contributed by atoms with Crippen molar-refractivity contribution >= 4 is 16.3 Å². The maximum atomic E-state index is 10.9. The molecule has 2 heterocycles. The highest BCUT2D eigenvalue weighted by atomic mass is 32.2. The Bertz CT molecular complexity index is 226. The first kappa shape index (κ1) is 5.13. The molecule has 1 unspecified atom stereocenters. The fourth-order valence-corrected chi connectivity index (χ4v) is 1.63. The predicted molar refractivity (Wildman–Crippen MR) is 34.8 cm³/mol. The molecule has 0 fully saturated rings. The lowest BCUT2D eigenvalue weighted by Crippen LogP contribution is -2.24. The van der Waals surface area contributed by atoms with Crippen LogP contribution in [-0.2, 0) is 10.8 Å². The summed E-state index contributed by atoms with van der Waals surface area (Å²) in [5.74, 6) is 0.730. The molecule has 9 heavy (non-hydrogen) atoms. The van der Waals surface area contributed by atoms with Gasteiger partial charge in [0, 0.05) is 0 Å². The van der Waals surface area contributed by atoms with E-state index >= 15 is 0 Å². The van der Waals surface area contributed by atoms with Crippen molar-refractivity contribution in [2.45, 2.75) is 0 Å². The van der Waals surface area contributed by atoms with Crippen LogP contribution in [0, 0.1) is 0 Å². The van der Waals surface area contributed by atoms with Crippen molar-refractivity contribution in [3.8, 4) is 0 Å². The number of rotatable bonds is 0. The fourth-order valence-electron chi connectivity index (χ4n) is 0.797. The third-order valence-electron chi connectivity index (χ3n) is 1.24. The monoisotopic (exact) mass is 143 g/mol. The molecule has 1 atom stereocenters. The molecule has 4 nitrogen and oxygen atoms in total. The van der Waals surface area contributed by atoms with E-state index in [0.29, 0.717) is 6.54 Å². The van der Waals surface area contributed by atoms with Gasteiger partial charge >= 0.3 is 0 Å². The summed E-state index contributed by atoms with van der Waals surface area (Å²) < 4.78 is 10.9. The number of hydrogen-bond acceptors (Lipinski definition) is 4. The van der Waals surface area contributed by atoms with Gasteiger partial charge in [-0.3, -0.25) is 0 Å². The third-order valence-corrected chi connectivity index (χ3v) is 2.36. The predicted octanol–water partition coefficient (Wildman–Crippen LogP) is -0.946. The molecule has 0 bridgehead atoms. The first-order valence-electron chi connectivity index (χ1n) is 2.55. The van der Waals surface area contributed by atoms with Gasteiger partial charge in [0.15, 0.2) is 5.82 Å². The van der Waals surface area contributed by atoms with Crippen LogP contribution in [0.25, 0.3) is 0 Å². The van der Waals surface area contributed by atoms with E-state index in [-0.39, 0.29) is 0 Å². The van der Waals surface area contributed by atoms with E-state index in [4.69, 9.17) is 0 Å². The summed E-state index contributed by atoms with van der Waals surface area (Å²) in [6.45, 7) is 0.641. The van der Waals surface area contributed by atoms with Crippen molar-refractivity contribution in [3.05, 3.63) is 10.7 Å². The lowest BCUT2D eigenvalue weighted by Gasteiger charge is -1.92. The van der Waals surface area contributed by atoms with E-state index in [0.717, 1.165) is 10.7 Å². The third kappa shape index (κ3) is 0.617. The van der Waals surface area contributed by atoms with Gasteiger partial charge in [0.25, 0.3) is 0 Å². The smallest absolute Gasteiger partial charge is 0.154 e. The number of aliphatic imine (C=N–C) groups is 1. The Morgan fingerprint density at radius 1 is 1.78 bits per heavy atom. The van der Waals surface area contributed by atoms with Gasteiger partial charge in [0.05, 0.1) is 27.8 Å². The van der Waals surface area contributed by atoms with Crippen LogP contribution in [0.2, 0.25) is 0 Å². The van der Waals surface area contributed by atoms with Gasteiger partial charge in [-0.15, -0.1) is 0 Å². The summed E-state index contributed by atoms with van der Waals surface area (Å²) in [4.78, 5) is 4.72. The molecule has 0 aliphatic carbocycles. The van der Waals surface area contributed by atoms with Gasteiger partial charge in [-0.2, -0.15) is 0 Å². The number of nitrogens with zero attached hydrogens (tertiary/aromatic N) is 1. The second-order valence-electron chi connectivity index (χ2n) is 1.78. The molecule has 2 aliphatic rings. The average Bonchev–Trinajstić information content (AvgIpc) is 2.35. The molecule has 0 amide bonds. The molecule has 48 valence electrons. The maximum Gasteiger partial charge on any atom is 0.154 e. The quantitative estimate of drug-likeness (QED) is 0.460. The fraction of sp³-hybridized carbons (Fsp3) is 0.250. The van der Waals surface area contributed by atoms with Crippen LogP contribution in [-0.4, -0.2) is 16.3 Å². The van der Waals surface area contributed by atoms with Crippen molar-refractivity contribution < 1.29 is 4.21 Å². The van der Waals surface area contributed by atoms with Crippen LogP contribution in [0.4, 0.5) is 0 Å². The summed E-state index contributed by atoms with van der Waals surface area (Å²) in [5.41, 5.74) is 7.05. The lowest BCUT2D eigenvalue weighted by atomic mass is 10.6. The maximum absolute atomic E-state index is 10.9. The topological polar surface area (TPSA) is 53.5 Å². The van der Waals surface area contributed by atoms with E-state index in [1.54, 1.807) is 0 Å². The Morgan fingerprint density at radius 2 is 2.67 bits per heavy atom. The minimum absolute atomic E-state index is 0.641. The molecular formula is C4H5N3OS. The Balaban J connectivity index is 2.44. The first-order valence-corrected chi connectivity index (χ1v) is 3.76. The Morgan fingerprint density at radius 3 is 3.44 bits per heavy atom. The van der Waals surface area contributed by atoms with E-state index in [1.165, 1.54) is 5.55 Å². The molecular weight excluding hydrogens is 138 g/mol. The minimum Gasteiger partial charge on any atom is -0.305 e. The van der Waals surface area contributed by atoms with Crippen LogP contribution in [0.5, 0.6) is 0 Å². The van der Waals surface area contributed by atoms with E-state index in [1.807, 2.05) is 0 Å². The van der Waals surface area contributed by atoms with Crippen LogP contribution in [0.15, 0.2) is 15.7 Å². The number of hydrogen-bond donors (Lipinski definition) is 2. The largest absolute Gasteiger partial charge is 0.305 e. The zero-order chi connectivity index (χ0) is 6.27. The summed E-state index contributed by atoms with van der Waals surface area (Å²) in [7, 11) is -0.965. The van der Waals surface area contributed by atoms with Crippen LogP contribution >= 0.6 is 0 Å². The SMILES string of the molecule is O=S1C=NC2=C1CNN2. The Kier molecular flexibility index (Phi) is 0.940. The second-order valence-corrected chi connectivity index (χ2v) is 3.08. The highest BCUT2D eigenvalue weighted by Crippen LogP contribution is 2.15. The van der Waals surface area contributed by atoms with Crippen molar-refractivity contribution in [2.75, 3.05) is 6.54 Å². The Labute approximate surface area is 54.5 Å². The lowest BCUT2D eigenvalue weighted by molar-refractivity contribution is 0.684. The highest BCUT2D eigenvalue weighted by molar-refractivity contribution is 8.02. The molecule has 0 saturated heterocycles. The summed E-state index contributed by atoms with van der Waals surface area (Å²) in [6, 6.07) is 0. The van der Waals surface area contributed by atoms with Gasteiger partial charge in [-0.05, 0) is 0 Å². The molecule has 5 heteroatoms. The number of hydrazine groups is 1. The second kappa shape index (κ2) is 1.65. The van der Waals surface area contributed by atoms with Crippen molar-refractivity contribution in [3.63, 3.8) is 0 Å². The molecule has 0 radical (unpaired) electrons. The molecule has 0 aromatic rings. The summed E-state index contributed by atoms with van der Waals surface area (Å²) in [5, 5.41) is 0. The van der Waals surface area contributed by atoms with Gasteiger partial charge in [-0.25, -0.2) is 14.6 Å². The van der Waals surface area contributed by atoms with Crippen molar-refractivity contribution in [1.82, 2.24) is 10.9 Å². The molecule has 0 spiro atoms. The minimum atomic E-state index is -0.965. The summed E-state index contributed by atoms with van der Waals surface area (Å²) >= 11 is 0. The van der Waals surface area contributed by atoms with Crippen molar-refractivity contribution in [2.24, 2.45) is 4.99 Å². The van der Waals surface area contributed by atoms with Crippen LogP contribution < -0.4 is 10.9 Å². The summed E-state index contributed by atoms with van der Waals surface area (Å²) in [6.07, 6.45) is 0. The molecule has 0 saturated carbocycles. The Hall–Kier alpha value is -0.680. The van der Waals surface area contributed by atoms with Crippen molar-refractivity contribution in [1.29, 1.82) is 0 Å². The van der Waals surface area contributed by atoms with Crippen LogP contribution in [0.3, 0.4) is 0 Å². The van der Waals surface area contributed by atoms with E-state index < -0.39 is 10.8 Å².